The fraction of sp³-hybridized carbons (Fsp3) is 0.222. The molecular weight excluding hydrogens is 384 g/mol. The van der Waals surface area contributed by atoms with Crippen LogP contribution in [0.4, 0.5) is 11.4 Å². The van der Waals surface area contributed by atoms with E-state index in [1.165, 1.54) is 16.7 Å². The predicted molar refractivity (Wildman–Crippen MR) is 127 cm³/mol. The zero-order valence-corrected chi connectivity index (χ0v) is 18.7. The maximum Gasteiger partial charge on any atom is 0.275 e. The lowest BCUT2D eigenvalue weighted by molar-refractivity contribution is -0.114. The number of aryl methyl sites for hydroxylation is 4. The monoisotopic (exact) mass is 412 g/mol. The number of hydrogen-bond acceptors (Lipinski definition) is 3. The van der Waals surface area contributed by atoms with Gasteiger partial charge in [0.15, 0.2) is 0 Å². The minimum Gasteiger partial charge on any atom is -0.497 e. The van der Waals surface area contributed by atoms with Crippen LogP contribution in [-0.2, 0) is 4.79 Å². The summed E-state index contributed by atoms with van der Waals surface area (Å²) in [5.74, 6) is 0.725. The Kier molecular flexibility index (Phi) is 5.55. The number of amides is 1. The van der Waals surface area contributed by atoms with Crippen LogP contribution >= 0.6 is 0 Å². The van der Waals surface area contributed by atoms with E-state index in [0.29, 0.717) is 5.70 Å². The second-order valence-electron chi connectivity index (χ2n) is 8.17. The molecule has 1 aliphatic heterocycles. The Hall–Kier alpha value is -3.53. The summed E-state index contributed by atoms with van der Waals surface area (Å²) in [5, 5.41) is 3.35. The fourth-order valence-corrected chi connectivity index (χ4v) is 3.85. The largest absolute Gasteiger partial charge is 0.497 e. The Balaban J connectivity index is 1.76. The van der Waals surface area contributed by atoms with Crippen molar-refractivity contribution in [2.45, 2.75) is 33.7 Å². The van der Waals surface area contributed by atoms with Gasteiger partial charge in [-0.1, -0.05) is 24.3 Å². The molecule has 1 aliphatic rings. The Morgan fingerprint density at radius 2 is 1.55 bits per heavy atom. The minimum absolute atomic E-state index is 0.0469. The first-order chi connectivity index (χ1) is 14.9. The zero-order chi connectivity index (χ0) is 22.1. The van der Waals surface area contributed by atoms with Crippen LogP contribution in [-0.4, -0.2) is 13.0 Å². The van der Waals surface area contributed by atoms with Crippen LogP contribution in [0, 0.1) is 27.7 Å². The Morgan fingerprint density at radius 1 is 0.839 bits per heavy atom. The van der Waals surface area contributed by atoms with Gasteiger partial charge in [0, 0.05) is 11.4 Å². The summed E-state index contributed by atoms with van der Waals surface area (Å²) < 4.78 is 5.42. The van der Waals surface area contributed by atoms with E-state index in [-0.39, 0.29) is 11.9 Å². The van der Waals surface area contributed by atoms with Crippen LogP contribution in [0.1, 0.15) is 33.9 Å². The van der Waals surface area contributed by atoms with Gasteiger partial charge in [0.25, 0.3) is 5.91 Å². The highest BCUT2D eigenvalue weighted by Gasteiger charge is 2.35. The van der Waals surface area contributed by atoms with Gasteiger partial charge in [-0.25, -0.2) is 0 Å². The van der Waals surface area contributed by atoms with Gasteiger partial charge in [-0.2, -0.15) is 0 Å². The first-order valence-corrected chi connectivity index (χ1v) is 10.5. The third-order valence-corrected chi connectivity index (χ3v) is 6.04. The number of anilines is 2. The van der Waals surface area contributed by atoms with Crippen molar-refractivity contribution in [1.82, 2.24) is 0 Å². The molecule has 4 heteroatoms. The smallest absolute Gasteiger partial charge is 0.275 e. The molecule has 0 bridgehead atoms. The van der Waals surface area contributed by atoms with E-state index in [2.05, 4.69) is 57.3 Å². The predicted octanol–water partition coefficient (Wildman–Crippen LogP) is 6.01. The lowest BCUT2D eigenvalue weighted by atomic mass is 10.0. The second kappa shape index (κ2) is 8.31. The first-order valence-electron chi connectivity index (χ1n) is 10.5. The van der Waals surface area contributed by atoms with E-state index in [1.54, 1.807) is 7.11 Å². The van der Waals surface area contributed by atoms with E-state index in [0.717, 1.165) is 28.3 Å². The number of hydrogen-bond donors (Lipinski definition) is 1. The number of rotatable bonds is 5. The maximum atomic E-state index is 13.6. The van der Waals surface area contributed by atoms with Gasteiger partial charge in [0.1, 0.15) is 11.4 Å². The molecular formula is C27H28N2O2. The van der Waals surface area contributed by atoms with Crippen molar-refractivity contribution in [3.05, 3.63) is 100 Å². The molecule has 3 aromatic rings. The van der Waals surface area contributed by atoms with Crippen molar-refractivity contribution in [2.75, 3.05) is 17.3 Å². The van der Waals surface area contributed by atoms with Crippen molar-refractivity contribution in [1.29, 1.82) is 0 Å². The summed E-state index contributed by atoms with van der Waals surface area (Å²) in [4.78, 5) is 15.4. The van der Waals surface area contributed by atoms with E-state index >= 15 is 0 Å². The number of nitrogens with zero attached hydrogens (tertiary/aromatic N) is 1. The third kappa shape index (κ3) is 4.06. The van der Waals surface area contributed by atoms with Crippen molar-refractivity contribution in [3.8, 4) is 5.75 Å². The average Bonchev–Trinajstić information content (AvgIpc) is 3.09. The molecule has 0 saturated heterocycles. The highest BCUT2D eigenvalue weighted by Crippen LogP contribution is 2.37. The summed E-state index contributed by atoms with van der Waals surface area (Å²) in [7, 11) is 1.66. The molecule has 4 rings (SSSR count). The fourth-order valence-electron chi connectivity index (χ4n) is 3.85. The molecule has 1 N–H and O–H groups in total. The normalized spacial score (nSPS) is 15.8. The Bertz CT molecular complexity index is 1180. The van der Waals surface area contributed by atoms with Crippen molar-refractivity contribution in [2.24, 2.45) is 0 Å². The molecule has 1 unspecified atom stereocenters. The highest BCUT2D eigenvalue weighted by atomic mass is 16.5. The van der Waals surface area contributed by atoms with Crippen LogP contribution in [0.3, 0.4) is 0 Å². The molecule has 1 heterocycles. The van der Waals surface area contributed by atoms with E-state index in [4.69, 9.17) is 4.74 Å². The molecule has 3 aromatic carbocycles. The molecule has 31 heavy (non-hydrogen) atoms. The van der Waals surface area contributed by atoms with Gasteiger partial charge in [0.2, 0.25) is 0 Å². The molecule has 158 valence electrons. The second-order valence-corrected chi connectivity index (χ2v) is 8.17. The number of ether oxygens (including phenoxy) is 1. The molecule has 1 amide bonds. The molecule has 0 saturated carbocycles. The average molecular weight is 413 g/mol. The molecule has 0 fully saturated rings. The van der Waals surface area contributed by atoms with Gasteiger partial charge in [-0.05, 0) is 98.0 Å². The van der Waals surface area contributed by atoms with E-state index in [9.17, 15) is 4.79 Å². The standard InChI is InChI=1S/C27H28N2O2/c1-17-9-11-22(13-19(17)3)28-25-16-26(21-7-6-8-24(15-21)31-5)29(27(25)30)23-12-10-18(2)20(4)14-23/h6-16,26,28H,1-5H3. The van der Waals surface area contributed by atoms with Crippen LogP contribution in [0.2, 0.25) is 0 Å². The van der Waals surface area contributed by atoms with Crippen molar-refractivity contribution >= 4 is 17.3 Å². The lowest BCUT2D eigenvalue weighted by Crippen LogP contribution is -2.30. The molecule has 0 spiro atoms. The molecule has 4 nitrogen and oxygen atoms in total. The van der Waals surface area contributed by atoms with Gasteiger partial charge in [-0.3, -0.25) is 9.69 Å². The molecule has 1 atom stereocenters. The van der Waals surface area contributed by atoms with Gasteiger partial charge in [-0.15, -0.1) is 0 Å². The number of methoxy groups -OCH3 is 1. The summed E-state index contributed by atoms with van der Waals surface area (Å²) in [5.41, 5.74) is 8.15. The van der Waals surface area contributed by atoms with Crippen LogP contribution in [0.15, 0.2) is 72.4 Å². The summed E-state index contributed by atoms with van der Waals surface area (Å²) >= 11 is 0. The number of carbonyl (C=O) groups is 1. The van der Waals surface area contributed by atoms with Crippen LogP contribution in [0.25, 0.3) is 0 Å². The topological polar surface area (TPSA) is 41.6 Å². The SMILES string of the molecule is COc1cccc(C2C=C(Nc3ccc(C)c(C)c3)C(=O)N2c2ccc(C)c(C)c2)c1. The Morgan fingerprint density at radius 3 is 2.23 bits per heavy atom. The highest BCUT2D eigenvalue weighted by molar-refractivity contribution is 6.11. The summed E-state index contributed by atoms with van der Waals surface area (Å²) in [6.45, 7) is 8.31. The van der Waals surface area contributed by atoms with Gasteiger partial charge >= 0.3 is 0 Å². The van der Waals surface area contributed by atoms with Crippen LogP contribution < -0.4 is 15.0 Å². The van der Waals surface area contributed by atoms with Gasteiger partial charge in [0.05, 0.1) is 13.2 Å². The maximum absolute atomic E-state index is 13.6. The zero-order valence-electron chi connectivity index (χ0n) is 18.7. The van der Waals surface area contributed by atoms with Crippen molar-refractivity contribution in [3.63, 3.8) is 0 Å². The van der Waals surface area contributed by atoms with E-state index < -0.39 is 0 Å². The Labute approximate surface area is 184 Å². The molecule has 0 aliphatic carbocycles. The molecule has 0 aromatic heterocycles. The number of benzene rings is 3. The number of carbonyl (C=O) groups excluding carboxylic acids is 1. The van der Waals surface area contributed by atoms with E-state index in [1.807, 2.05) is 47.4 Å². The quantitative estimate of drug-likeness (QED) is 0.558. The summed E-state index contributed by atoms with van der Waals surface area (Å²) in [6, 6.07) is 20.0. The van der Waals surface area contributed by atoms with Gasteiger partial charge < -0.3 is 10.1 Å². The summed E-state index contributed by atoms with van der Waals surface area (Å²) in [6.07, 6.45) is 2.00. The molecule has 0 radical (unpaired) electrons. The van der Waals surface area contributed by atoms with Crippen molar-refractivity contribution < 1.29 is 9.53 Å². The van der Waals surface area contributed by atoms with Crippen LogP contribution in [0.5, 0.6) is 5.75 Å². The first kappa shape index (κ1) is 20.7. The number of nitrogens with one attached hydrogen (secondary N) is 1. The third-order valence-electron chi connectivity index (χ3n) is 6.04. The lowest BCUT2D eigenvalue weighted by Gasteiger charge is -2.26. The minimum atomic E-state index is -0.223.